The second-order valence-electron chi connectivity index (χ2n) is 7.55. The van der Waals surface area contributed by atoms with Gasteiger partial charge in [0.2, 0.25) is 0 Å². The molecule has 0 bridgehead atoms. The molecule has 2 heterocycles. The van der Waals surface area contributed by atoms with Gasteiger partial charge in [-0.2, -0.15) is 0 Å². The molecule has 0 saturated carbocycles. The second kappa shape index (κ2) is 8.20. The molecule has 2 aromatic heterocycles. The van der Waals surface area contributed by atoms with Crippen molar-refractivity contribution >= 4 is 43.8 Å². The topological polar surface area (TPSA) is 51.2 Å². The molecule has 1 aliphatic rings. The molecule has 0 spiro atoms. The molecule has 0 aliphatic heterocycles. The maximum Gasteiger partial charge on any atom is 0.262 e. The summed E-state index contributed by atoms with van der Waals surface area (Å²) in [5, 5.41) is 5.01. The Balaban J connectivity index is 1.42. The molecule has 0 atom stereocenters. The molecule has 0 fully saturated rings. The van der Waals surface area contributed by atoms with E-state index in [0.29, 0.717) is 5.75 Å². The Morgan fingerprint density at radius 2 is 1.87 bits per heavy atom. The fourth-order valence-corrected chi connectivity index (χ4v) is 6.22. The van der Waals surface area contributed by atoms with Gasteiger partial charge in [0.05, 0.1) is 10.2 Å². The molecule has 2 aromatic carbocycles. The number of carbonyl (C=O) groups excluding carboxylic acids is 1. The van der Waals surface area contributed by atoms with Crippen LogP contribution in [0.5, 0.6) is 5.75 Å². The van der Waals surface area contributed by atoms with E-state index in [1.165, 1.54) is 28.0 Å². The summed E-state index contributed by atoms with van der Waals surface area (Å²) in [5.41, 5.74) is 4.64. The van der Waals surface area contributed by atoms with Gasteiger partial charge < -0.3 is 10.1 Å². The van der Waals surface area contributed by atoms with Crippen LogP contribution in [0.1, 0.15) is 28.8 Å². The summed E-state index contributed by atoms with van der Waals surface area (Å²) in [5.74, 6) is 0.559. The van der Waals surface area contributed by atoms with Crippen molar-refractivity contribution in [3.05, 3.63) is 64.5 Å². The number of nitrogens with one attached hydrogen (secondary N) is 1. The number of thiazole rings is 1. The third-order valence-corrected chi connectivity index (χ3v) is 7.58. The monoisotopic (exact) mass is 434 g/mol. The number of nitrogens with zero attached hydrogens (tertiary/aromatic N) is 1. The van der Waals surface area contributed by atoms with Gasteiger partial charge in [-0.3, -0.25) is 4.79 Å². The van der Waals surface area contributed by atoms with Crippen molar-refractivity contribution in [2.45, 2.75) is 32.6 Å². The van der Waals surface area contributed by atoms with Gasteiger partial charge in [-0.1, -0.05) is 29.8 Å². The zero-order chi connectivity index (χ0) is 20.5. The third-order valence-electron chi connectivity index (χ3n) is 5.32. The minimum atomic E-state index is -0.142. The van der Waals surface area contributed by atoms with Gasteiger partial charge in [0.1, 0.15) is 15.8 Å². The molecule has 6 heteroatoms. The summed E-state index contributed by atoms with van der Waals surface area (Å²) < 4.78 is 6.84. The van der Waals surface area contributed by atoms with Crippen molar-refractivity contribution in [3.63, 3.8) is 0 Å². The van der Waals surface area contributed by atoms with Crippen LogP contribution in [0.4, 0.5) is 5.00 Å². The molecule has 30 heavy (non-hydrogen) atoms. The maximum absolute atomic E-state index is 12.7. The largest absolute Gasteiger partial charge is 0.484 e. The summed E-state index contributed by atoms with van der Waals surface area (Å²) in [6, 6.07) is 15.9. The first-order valence-corrected chi connectivity index (χ1v) is 11.8. The number of rotatable bonds is 5. The number of anilines is 1. The van der Waals surface area contributed by atoms with Crippen LogP contribution in [-0.4, -0.2) is 17.5 Å². The smallest absolute Gasteiger partial charge is 0.262 e. The number of amides is 1. The highest BCUT2D eigenvalue weighted by atomic mass is 32.1. The first-order valence-electron chi connectivity index (χ1n) is 10.2. The lowest BCUT2D eigenvalue weighted by Crippen LogP contribution is -2.20. The number of hydrogen-bond donors (Lipinski definition) is 1. The normalized spacial score (nSPS) is 13.2. The number of fused-ring (bicyclic) bond motifs is 2. The van der Waals surface area contributed by atoms with E-state index in [4.69, 9.17) is 9.72 Å². The number of hydrogen-bond acceptors (Lipinski definition) is 5. The first kappa shape index (κ1) is 19.3. The van der Waals surface area contributed by atoms with E-state index in [9.17, 15) is 4.79 Å². The standard InChI is InChI=1S/C24H22N2O2S2/c1-15-10-12-16(13-11-15)28-14-21(27)26-24-22(17-6-2-4-8-19(17)29-24)23-25-18-7-3-5-9-20(18)30-23/h3,5,7,9-13H,2,4,6,8,14H2,1H3,(H,26,27). The summed E-state index contributed by atoms with van der Waals surface area (Å²) in [7, 11) is 0. The number of para-hydroxylation sites is 1. The van der Waals surface area contributed by atoms with Crippen LogP contribution in [0, 0.1) is 6.92 Å². The molecule has 0 saturated heterocycles. The number of carbonyl (C=O) groups is 1. The van der Waals surface area contributed by atoms with Gasteiger partial charge in [0.15, 0.2) is 6.61 Å². The lowest BCUT2D eigenvalue weighted by molar-refractivity contribution is -0.118. The predicted octanol–water partition coefficient (Wildman–Crippen LogP) is 6.23. The fraction of sp³-hybridized carbons (Fsp3) is 0.250. The minimum absolute atomic E-state index is 0.00902. The minimum Gasteiger partial charge on any atom is -0.484 e. The van der Waals surface area contributed by atoms with Crippen LogP contribution in [0.3, 0.4) is 0 Å². The average molecular weight is 435 g/mol. The van der Waals surface area contributed by atoms with E-state index >= 15 is 0 Å². The van der Waals surface area contributed by atoms with Gasteiger partial charge >= 0.3 is 0 Å². The summed E-state index contributed by atoms with van der Waals surface area (Å²) >= 11 is 3.39. The Morgan fingerprint density at radius 3 is 2.70 bits per heavy atom. The first-order chi connectivity index (χ1) is 14.7. The van der Waals surface area contributed by atoms with E-state index in [0.717, 1.165) is 39.5 Å². The lowest BCUT2D eigenvalue weighted by Gasteiger charge is -2.12. The van der Waals surface area contributed by atoms with E-state index in [1.54, 1.807) is 22.7 Å². The quantitative estimate of drug-likeness (QED) is 0.405. The lowest BCUT2D eigenvalue weighted by atomic mass is 9.96. The van der Waals surface area contributed by atoms with Crippen molar-refractivity contribution in [3.8, 4) is 16.3 Å². The molecular formula is C24H22N2O2S2. The Hall–Kier alpha value is -2.70. The van der Waals surface area contributed by atoms with Crippen molar-refractivity contribution < 1.29 is 9.53 Å². The van der Waals surface area contributed by atoms with Crippen molar-refractivity contribution in [1.29, 1.82) is 0 Å². The molecule has 4 aromatic rings. The van der Waals surface area contributed by atoms with E-state index in [1.807, 2.05) is 49.4 Å². The Labute approximate surface area is 183 Å². The van der Waals surface area contributed by atoms with Gasteiger partial charge in [0.25, 0.3) is 5.91 Å². The van der Waals surface area contributed by atoms with Crippen LogP contribution in [-0.2, 0) is 17.6 Å². The molecule has 0 radical (unpaired) electrons. The average Bonchev–Trinajstić information content (AvgIpc) is 3.33. The zero-order valence-corrected chi connectivity index (χ0v) is 18.4. The number of benzene rings is 2. The van der Waals surface area contributed by atoms with Crippen molar-refractivity contribution in [2.24, 2.45) is 0 Å². The molecule has 1 aliphatic carbocycles. The molecule has 4 nitrogen and oxygen atoms in total. The van der Waals surface area contributed by atoms with Crippen molar-refractivity contribution in [2.75, 3.05) is 11.9 Å². The molecule has 1 N–H and O–H groups in total. The zero-order valence-electron chi connectivity index (χ0n) is 16.7. The highest BCUT2D eigenvalue weighted by Crippen LogP contribution is 2.46. The predicted molar refractivity (Wildman–Crippen MR) is 125 cm³/mol. The van der Waals surface area contributed by atoms with Crippen LogP contribution in [0.2, 0.25) is 0 Å². The number of thiophene rings is 1. The van der Waals surface area contributed by atoms with Crippen molar-refractivity contribution in [1.82, 2.24) is 4.98 Å². The summed E-state index contributed by atoms with van der Waals surface area (Å²) in [6.45, 7) is 2.02. The maximum atomic E-state index is 12.7. The van der Waals surface area contributed by atoms with Crippen LogP contribution in [0.25, 0.3) is 20.8 Å². The highest BCUT2D eigenvalue weighted by molar-refractivity contribution is 7.22. The second-order valence-corrected chi connectivity index (χ2v) is 9.69. The van der Waals surface area contributed by atoms with E-state index in [2.05, 4.69) is 11.4 Å². The molecule has 152 valence electrons. The van der Waals surface area contributed by atoms with Crippen LogP contribution >= 0.6 is 22.7 Å². The number of aryl methyl sites for hydroxylation is 2. The number of aromatic nitrogens is 1. The van der Waals surface area contributed by atoms with Gasteiger partial charge in [-0.15, -0.1) is 22.7 Å². The molecular weight excluding hydrogens is 412 g/mol. The number of ether oxygens (including phenoxy) is 1. The fourth-order valence-electron chi connectivity index (χ4n) is 3.81. The third kappa shape index (κ3) is 3.85. The summed E-state index contributed by atoms with van der Waals surface area (Å²) in [6.07, 6.45) is 4.52. The summed E-state index contributed by atoms with van der Waals surface area (Å²) in [4.78, 5) is 18.9. The molecule has 5 rings (SSSR count). The van der Waals surface area contributed by atoms with Gasteiger partial charge in [0, 0.05) is 10.4 Å². The molecule has 1 amide bonds. The highest BCUT2D eigenvalue weighted by Gasteiger charge is 2.25. The van der Waals surface area contributed by atoms with Gasteiger partial charge in [-0.05, 0) is 62.4 Å². The van der Waals surface area contributed by atoms with Crippen LogP contribution < -0.4 is 10.1 Å². The van der Waals surface area contributed by atoms with E-state index < -0.39 is 0 Å². The van der Waals surface area contributed by atoms with E-state index in [-0.39, 0.29) is 12.5 Å². The molecule has 0 unspecified atom stereocenters. The SMILES string of the molecule is Cc1ccc(OCC(=O)Nc2sc3c(c2-c2nc4ccccc4s2)CCCC3)cc1. The van der Waals surface area contributed by atoms with Crippen LogP contribution in [0.15, 0.2) is 48.5 Å². The Bertz CT molecular complexity index is 1170. The Kier molecular flexibility index (Phi) is 5.27. The van der Waals surface area contributed by atoms with Gasteiger partial charge in [-0.25, -0.2) is 4.98 Å². The Morgan fingerprint density at radius 1 is 1.07 bits per heavy atom.